The number of hydrogen-bond acceptors (Lipinski definition) is 4. The maximum absolute atomic E-state index is 10.9. The predicted octanol–water partition coefficient (Wildman–Crippen LogP) is 2.66. The highest BCUT2D eigenvalue weighted by Crippen LogP contribution is 2.11. The van der Waals surface area contributed by atoms with Crippen molar-refractivity contribution in [1.82, 2.24) is 0 Å². The Morgan fingerprint density at radius 1 is 1.11 bits per heavy atom. The zero-order valence-electron chi connectivity index (χ0n) is 11.4. The molecule has 0 saturated heterocycles. The van der Waals surface area contributed by atoms with Crippen molar-refractivity contribution in [3.05, 3.63) is 11.6 Å². The molecule has 0 aromatic rings. The molecule has 0 unspecified atom stereocenters. The van der Waals surface area contributed by atoms with Gasteiger partial charge in [0.25, 0.3) is 0 Å². The molecule has 0 fully saturated rings. The summed E-state index contributed by atoms with van der Waals surface area (Å²) in [5.41, 5.74) is 0.755. The summed E-state index contributed by atoms with van der Waals surface area (Å²) in [5, 5.41) is 0. The van der Waals surface area contributed by atoms with Crippen LogP contribution in [0.4, 0.5) is 0 Å². The molecule has 0 atom stereocenters. The summed E-state index contributed by atoms with van der Waals surface area (Å²) in [5.74, 6) is 0. The molecule has 0 amide bonds. The zero-order chi connectivity index (χ0) is 13.6. The van der Waals surface area contributed by atoms with Crippen molar-refractivity contribution in [2.24, 2.45) is 0 Å². The molecule has 0 heterocycles. The summed E-state index contributed by atoms with van der Waals surface area (Å²) in [6, 6.07) is 0. The highest BCUT2D eigenvalue weighted by molar-refractivity contribution is 5.72. The van der Waals surface area contributed by atoms with Crippen molar-refractivity contribution < 1.29 is 19.1 Å². The molecular weight excluding hydrogens is 232 g/mol. The third-order valence-electron chi connectivity index (χ3n) is 2.46. The number of rotatable bonds is 12. The molecule has 18 heavy (non-hydrogen) atoms. The molecule has 4 heteroatoms. The Bertz CT molecular complexity index is 242. The molecule has 0 radical (unpaired) electrons. The smallest absolute Gasteiger partial charge is 0.157 e. The third kappa shape index (κ3) is 9.07. The van der Waals surface area contributed by atoms with Crippen LogP contribution in [0.3, 0.4) is 0 Å². The first-order valence-corrected chi connectivity index (χ1v) is 6.59. The van der Waals surface area contributed by atoms with Crippen LogP contribution in [0.15, 0.2) is 11.6 Å². The molecule has 0 bridgehead atoms. The van der Waals surface area contributed by atoms with Crippen molar-refractivity contribution in [2.45, 2.75) is 52.2 Å². The lowest BCUT2D eigenvalue weighted by Gasteiger charge is -2.16. The number of ether oxygens (including phenoxy) is 2. The second-order valence-corrected chi connectivity index (χ2v) is 3.87. The lowest BCUT2D eigenvalue weighted by Crippen LogP contribution is -2.17. The van der Waals surface area contributed by atoms with Crippen LogP contribution < -0.4 is 0 Å². The van der Waals surface area contributed by atoms with E-state index in [1.54, 1.807) is 0 Å². The first kappa shape index (κ1) is 17.0. The van der Waals surface area contributed by atoms with E-state index in [0.717, 1.165) is 31.0 Å². The number of hydrogen-bond donors (Lipinski definition) is 0. The van der Waals surface area contributed by atoms with E-state index in [4.69, 9.17) is 9.47 Å². The van der Waals surface area contributed by atoms with Crippen molar-refractivity contribution in [3.8, 4) is 0 Å². The van der Waals surface area contributed by atoms with Gasteiger partial charge in [0.2, 0.25) is 0 Å². The summed E-state index contributed by atoms with van der Waals surface area (Å²) in [6.45, 7) is 5.04. The third-order valence-corrected chi connectivity index (χ3v) is 2.46. The Morgan fingerprint density at radius 3 is 2.28 bits per heavy atom. The van der Waals surface area contributed by atoms with Gasteiger partial charge in [0.1, 0.15) is 12.6 Å². The Morgan fingerprint density at radius 2 is 1.78 bits per heavy atom. The van der Waals surface area contributed by atoms with Crippen molar-refractivity contribution >= 4 is 12.6 Å². The minimum absolute atomic E-state index is 0.238. The summed E-state index contributed by atoms with van der Waals surface area (Å²) in [6.07, 6.45) is 6.86. The molecule has 0 N–H and O–H groups in total. The van der Waals surface area contributed by atoms with Crippen molar-refractivity contribution in [1.29, 1.82) is 0 Å². The van der Waals surface area contributed by atoms with E-state index in [2.05, 4.69) is 0 Å². The highest BCUT2D eigenvalue weighted by Gasteiger charge is 2.08. The quantitative estimate of drug-likeness (QED) is 0.233. The van der Waals surface area contributed by atoms with Gasteiger partial charge in [-0.2, -0.15) is 0 Å². The average Bonchev–Trinajstić information content (AvgIpc) is 2.38. The first-order valence-electron chi connectivity index (χ1n) is 6.59. The minimum atomic E-state index is -0.238. The Hall–Kier alpha value is -1.00. The molecule has 0 aromatic carbocycles. The topological polar surface area (TPSA) is 52.6 Å². The largest absolute Gasteiger partial charge is 0.353 e. The number of carbonyl (C=O) groups excluding carboxylic acids is 2. The lowest BCUT2D eigenvalue weighted by molar-refractivity contribution is -0.139. The number of aldehydes is 2. The van der Waals surface area contributed by atoms with Gasteiger partial charge in [0.15, 0.2) is 6.29 Å². The van der Waals surface area contributed by atoms with Crippen LogP contribution in [0.1, 0.15) is 46.0 Å². The first-order chi connectivity index (χ1) is 8.78. The standard InChI is InChI=1S/C14H24O4/c1-3-17-14(18-4-2)10-9-13(12-16)8-6-5-7-11-15/h8,11-12,14H,3-7,9-10H2,1-2H3/b13-8+. The average molecular weight is 256 g/mol. The number of unbranched alkanes of at least 4 members (excludes halogenated alkanes) is 2. The second-order valence-electron chi connectivity index (χ2n) is 3.87. The molecule has 0 rings (SSSR count). The van der Waals surface area contributed by atoms with E-state index in [-0.39, 0.29) is 6.29 Å². The van der Waals surface area contributed by atoms with Gasteiger partial charge in [-0.05, 0) is 38.7 Å². The fraction of sp³-hybridized carbons (Fsp3) is 0.714. The summed E-state index contributed by atoms with van der Waals surface area (Å²) >= 11 is 0. The normalized spacial score (nSPS) is 11.8. The van der Waals surface area contributed by atoms with E-state index < -0.39 is 0 Å². The summed E-state index contributed by atoms with van der Waals surface area (Å²) in [7, 11) is 0. The summed E-state index contributed by atoms with van der Waals surface area (Å²) in [4.78, 5) is 21.0. The van der Waals surface area contributed by atoms with Gasteiger partial charge in [-0.3, -0.25) is 4.79 Å². The number of carbonyl (C=O) groups is 2. The molecule has 104 valence electrons. The molecule has 0 aliphatic heterocycles. The fourth-order valence-corrected chi connectivity index (χ4v) is 1.57. The van der Waals surface area contributed by atoms with Crippen LogP contribution in [0.25, 0.3) is 0 Å². The molecular formula is C14H24O4. The van der Waals surface area contributed by atoms with Gasteiger partial charge in [0, 0.05) is 26.1 Å². The van der Waals surface area contributed by atoms with E-state index >= 15 is 0 Å². The Balaban J connectivity index is 4.01. The summed E-state index contributed by atoms with van der Waals surface area (Å²) < 4.78 is 10.8. The van der Waals surface area contributed by atoms with Crippen LogP contribution in [0, 0.1) is 0 Å². The highest BCUT2D eigenvalue weighted by atomic mass is 16.7. The predicted molar refractivity (Wildman–Crippen MR) is 70.3 cm³/mol. The molecule has 0 spiro atoms. The molecule has 0 aliphatic rings. The van der Waals surface area contributed by atoms with Gasteiger partial charge in [0.05, 0.1) is 0 Å². The van der Waals surface area contributed by atoms with Gasteiger partial charge in [-0.25, -0.2) is 0 Å². The fourth-order valence-electron chi connectivity index (χ4n) is 1.57. The van der Waals surface area contributed by atoms with Crippen LogP contribution in [0.5, 0.6) is 0 Å². The van der Waals surface area contributed by atoms with Crippen LogP contribution in [-0.4, -0.2) is 32.1 Å². The second kappa shape index (κ2) is 12.5. The maximum atomic E-state index is 10.9. The lowest BCUT2D eigenvalue weighted by atomic mass is 10.1. The minimum Gasteiger partial charge on any atom is -0.353 e. The van der Waals surface area contributed by atoms with Gasteiger partial charge in [-0.1, -0.05) is 6.08 Å². The van der Waals surface area contributed by atoms with Crippen LogP contribution >= 0.6 is 0 Å². The van der Waals surface area contributed by atoms with E-state index in [9.17, 15) is 9.59 Å². The van der Waals surface area contributed by atoms with E-state index in [0.29, 0.717) is 32.5 Å². The van der Waals surface area contributed by atoms with Crippen LogP contribution in [-0.2, 0) is 19.1 Å². The van der Waals surface area contributed by atoms with Gasteiger partial charge in [-0.15, -0.1) is 0 Å². The van der Waals surface area contributed by atoms with Crippen LogP contribution in [0.2, 0.25) is 0 Å². The molecule has 0 saturated carbocycles. The van der Waals surface area contributed by atoms with Crippen molar-refractivity contribution in [3.63, 3.8) is 0 Å². The monoisotopic (exact) mass is 256 g/mol. The Kier molecular flexibility index (Phi) is 11.8. The molecule has 0 aliphatic carbocycles. The zero-order valence-corrected chi connectivity index (χ0v) is 11.4. The maximum Gasteiger partial charge on any atom is 0.157 e. The number of allylic oxidation sites excluding steroid dienone is 2. The van der Waals surface area contributed by atoms with E-state index in [1.807, 2.05) is 19.9 Å². The van der Waals surface area contributed by atoms with Gasteiger partial charge < -0.3 is 14.3 Å². The Labute approximate surface area is 109 Å². The van der Waals surface area contributed by atoms with Gasteiger partial charge >= 0.3 is 0 Å². The van der Waals surface area contributed by atoms with E-state index in [1.165, 1.54) is 0 Å². The van der Waals surface area contributed by atoms with Crippen molar-refractivity contribution in [2.75, 3.05) is 13.2 Å². The molecule has 4 nitrogen and oxygen atoms in total. The SMILES string of the molecule is CCOC(CC/C(C=O)=C\CCCC=O)OCC. The molecule has 0 aromatic heterocycles.